The van der Waals surface area contributed by atoms with Gasteiger partial charge in [-0.2, -0.15) is 0 Å². The molecule has 1 aromatic heterocycles. The lowest BCUT2D eigenvalue weighted by Crippen LogP contribution is -1.97. The zero-order valence-electron chi connectivity index (χ0n) is 12.4. The van der Waals surface area contributed by atoms with Crippen molar-refractivity contribution in [3.05, 3.63) is 28.7 Å². The number of H-pyrrole nitrogens is 1. The second-order valence-electron chi connectivity index (χ2n) is 4.20. The Bertz CT molecular complexity index is 733. The van der Waals surface area contributed by atoms with Crippen molar-refractivity contribution in [3.8, 4) is 17.2 Å². The third kappa shape index (κ3) is 3.34. The number of aliphatic imine (C=N–C) groups is 1. The molecule has 0 spiro atoms. The number of benzene rings is 1. The average molecular weight is 320 g/mol. The quantitative estimate of drug-likeness (QED) is 0.649. The molecule has 1 heterocycles. The Hall–Kier alpha value is -2.61. The Labute approximate surface area is 132 Å². The maximum absolute atomic E-state index is 5.80. The Balaban J connectivity index is 2.40. The Kier molecular flexibility index (Phi) is 4.95. The lowest BCUT2D eigenvalue weighted by Gasteiger charge is -2.12. The average Bonchev–Trinajstić information content (AvgIpc) is 2.52. The molecule has 0 atom stereocenters. The molecule has 0 saturated heterocycles. The van der Waals surface area contributed by atoms with E-state index in [0.29, 0.717) is 33.5 Å². The molecule has 0 fully saturated rings. The van der Waals surface area contributed by atoms with Crippen LogP contribution in [0.1, 0.15) is 5.56 Å². The van der Waals surface area contributed by atoms with Crippen molar-refractivity contribution in [3.63, 3.8) is 0 Å². The fourth-order valence-electron chi connectivity index (χ4n) is 1.82. The van der Waals surface area contributed by atoms with E-state index in [9.17, 15) is 0 Å². The number of ether oxygens (including phenoxy) is 3. The van der Waals surface area contributed by atoms with Crippen molar-refractivity contribution in [2.75, 3.05) is 27.1 Å². The first kappa shape index (κ1) is 15.8. The van der Waals surface area contributed by atoms with E-state index in [-0.39, 0.29) is 0 Å². The predicted molar refractivity (Wildman–Crippen MR) is 87.2 cm³/mol. The number of nitrogens with one attached hydrogen (secondary N) is 1. The number of aromatic amines is 1. The summed E-state index contributed by atoms with van der Waals surface area (Å²) < 4.78 is 16.2. The van der Waals surface area contributed by atoms with Gasteiger partial charge in [0.15, 0.2) is 16.3 Å². The van der Waals surface area contributed by atoms with Gasteiger partial charge in [-0.05, 0) is 24.4 Å². The van der Waals surface area contributed by atoms with Gasteiger partial charge in [-0.25, -0.2) is 4.98 Å². The lowest BCUT2D eigenvalue weighted by molar-refractivity contribution is 0.324. The zero-order valence-corrected chi connectivity index (χ0v) is 13.2. The molecule has 0 bridgehead atoms. The van der Waals surface area contributed by atoms with Crippen LogP contribution in [0.4, 0.5) is 11.5 Å². The smallest absolute Gasteiger partial charge is 0.203 e. The number of rotatable bonds is 5. The Morgan fingerprint density at radius 1 is 1.18 bits per heavy atom. The molecule has 116 valence electrons. The fourth-order valence-corrected chi connectivity index (χ4v) is 1.99. The van der Waals surface area contributed by atoms with Gasteiger partial charge in [-0.3, -0.25) is 4.99 Å². The second kappa shape index (κ2) is 6.90. The monoisotopic (exact) mass is 320 g/mol. The highest BCUT2D eigenvalue weighted by molar-refractivity contribution is 7.71. The van der Waals surface area contributed by atoms with Crippen molar-refractivity contribution in [1.29, 1.82) is 0 Å². The van der Waals surface area contributed by atoms with Crippen LogP contribution in [0.2, 0.25) is 0 Å². The minimum atomic E-state index is 0.309. The summed E-state index contributed by atoms with van der Waals surface area (Å²) in [6.45, 7) is 0. The van der Waals surface area contributed by atoms with E-state index in [2.05, 4.69) is 15.0 Å². The number of anilines is 1. The highest BCUT2D eigenvalue weighted by Gasteiger charge is 2.12. The van der Waals surface area contributed by atoms with E-state index in [1.54, 1.807) is 39.7 Å². The van der Waals surface area contributed by atoms with Crippen LogP contribution >= 0.6 is 12.2 Å². The molecule has 7 nitrogen and oxygen atoms in total. The number of aromatic nitrogens is 2. The van der Waals surface area contributed by atoms with Gasteiger partial charge in [-0.1, -0.05) is 0 Å². The molecule has 0 amide bonds. The SMILES string of the molecule is COc1cc(C=Nc2cnc(=S)[nH]c2N)cc(OC)c1OC. The van der Waals surface area contributed by atoms with Gasteiger partial charge in [0.05, 0.1) is 27.5 Å². The molecule has 8 heteroatoms. The second-order valence-corrected chi connectivity index (χ2v) is 4.59. The summed E-state index contributed by atoms with van der Waals surface area (Å²) >= 11 is 4.88. The summed E-state index contributed by atoms with van der Waals surface area (Å²) in [5, 5.41) is 0. The summed E-state index contributed by atoms with van der Waals surface area (Å²) in [6, 6.07) is 3.55. The molecule has 0 unspecified atom stereocenters. The number of nitrogens with two attached hydrogens (primary N) is 1. The first-order valence-corrected chi connectivity index (χ1v) is 6.68. The van der Waals surface area contributed by atoms with Crippen LogP contribution in [-0.4, -0.2) is 37.5 Å². The van der Waals surface area contributed by atoms with E-state index < -0.39 is 0 Å². The van der Waals surface area contributed by atoms with Crippen LogP contribution in [0.5, 0.6) is 17.2 Å². The molecule has 0 aliphatic heterocycles. The summed E-state index contributed by atoms with van der Waals surface area (Å²) in [4.78, 5) is 11.0. The van der Waals surface area contributed by atoms with Crippen molar-refractivity contribution >= 4 is 29.9 Å². The summed E-state index contributed by atoms with van der Waals surface area (Å²) in [7, 11) is 4.65. The van der Waals surface area contributed by atoms with Crippen LogP contribution in [0.3, 0.4) is 0 Å². The first-order valence-electron chi connectivity index (χ1n) is 6.28. The lowest BCUT2D eigenvalue weighted by atomic mass is 10.2. The maximum atomic E-state index is 5.80. The first-order chi connectivity index (χ1) is 10.6. The van der Waals surface area contributed by atoms with E-state index in [1.807, 2.05) is 0 Å². The van der Waals surface area contributed by atoms with Gasteiger partial charge in [0.25, 0.3) is 0 Å². The standard InChI is InChI=1S/C14H16N4O3S/c1-19-10-4-8(5-11(20-2)12(10)21-3)6-16-9-7-17-14(22)18-13(9)15/h4-7H,1-3H3,(H3,15,17,18,22). The van der Waals surface area contributed by atoms with E-state index in [0.717, 1.165) is 5.56 Å². The molecular weight excluding hydrogens is 304 g/mol. The van der Waals surface area contributed by atoms with Crippen LogP contribution in [0.25, 0.3) is 0 Å². The van der Waals surface area contributed by atoms with Crippen molar-refractivity contribution < 1.29 is 14.2 Å². The van der Waals surface area contributed by atoms with Crippen LogP contribution in [-0.2, 0) is 0 Å². The number of hydrogen-bond donors (Lipinski definition) is 2. The Morgan fingerprint density at radius 2 is 1.82 bits per heavy atom. The highest BCUT2D eigenvalue weighted by Crippen LogP contribution is 2.37. The zero-order chi connectivity index (χ0) is 16.1. The van der Waals surface area contributed by atoms with Gasteiger partial charge in [-0.15, -0.1) is 0 Å². The fraction of sp³-hybridized carbons (Fsp3) is 0.214. The van der Waals surface area contributed by atoms with Gasteiger partial charge in [0.1, 0.15) is 11.5 Å². The Morgan fingerprint density at radius 3 is 2.32 bits per heavy atom. The number of nitrogens with zero attached hydrogens (tertiary/aromatic N) is 2. The van der Waals surface area contributed by atoms with Gasteiger partial charge < -0.3 is 24.9 Å². The number of nitrogen functional groups attached to an aromatic ring is 1. The molecule has 0 aliphatic carbocycles. The van der Waals surface area contributed by atoms with E-state index in [4.69, 9.17) is 32.2 Å². The van der Waals surface area contributed by atoms with Gasteiger partial charge in [0.2, 0.25) is 5.75 Å². The van der Waals surface area contributed by atoms with Gasteiger partial charge in [0, 0.05) is 11.8 Å². The molecule has 0 aliphatic rings. The number of hydrogen-bond acceptors (Lipinski definition) is 7. The van der Waals surface area contributed by atoms with Crippen LogP contribution in [0, 0.1) is 4.77 Å². The number of methoxy groups -OCH3 is 3. The normalized spacial score (nSPS) is 10.7. The minimum Gasteiger partial charge on any atom is -0.493 e. The van der Waals surface area contributed by atoms with E-state index in [1.165, 1.54) is 6.20 Å². The van der Waals surface area contributed by atoms with Crippen molar-refractivity contribution in [2.24, 2.45) is 4.99 Å². The topological polar surface area (TPSA) is 94.8 Å². The molecule has 0 saturated carbocycles. The van der Waals surface area contributed by atoms with E-state index >= 15 is 0 Å². The van der Waals surface area contributed by atoms with Crippen LogP contribution in [0.15, 0.2) is 23.3 Å². The molecule has 3 N–H and O–H groups in total. The largest absolute Gasteiger partial charge is 0.493 e. The third-order valence-corrected chi connectivity index (χ3v) is 3.07. The van der Waals surface area contributed by atoms with Crippen LogP contribution < -0.4 is 19.9 Å². The summed E-state index contributed by atoms with van der Waals surface area (Å²) in [5.41, 5.74) is 7.05. The third-order valence-electron chi connectivity index (χ3n) is 2.86. The highest BCUT2D eigenvalue weighted by atomic mass is 32.1. The van der Waals surface area contributed by atoms with Crippen molar-refractivity contribution in [2.45, 2.75) is 0 Å². The molecule has 1 aromatic carbocycles. The maximum Gasteiger partial charge on any atom is 0.203 e. The summed E-state index contributed by atoms with van der Waals surface area (Å²) in [6.07, 6.45) is 3.12. The molecule has 2 rings (SSSR count). The van der Waals surface area contributed by atoms with Crippen molar-refractivity contribution in [1.82, 2.24) is 9.97 Å². The summed E-state index contributed by atoms with van der Waals surface area (Å²) in [5.74, 6) is 1.96. The van der Waals surface area contributed by atoms with Gasteiger partial charge >= 0.3 is 0 Å². The predicted octanol–water partition coefficient (Wildman–Crippen LogP) is 2.50. The molecular formula is C14H16N4O3S. The molecule has 22 heavy (non-hydrogen) atoms. The molecule has 2 aromatic rings. The minimum absolute atomic E-state index is 0.309. The molecule has 0 radical (unpaired) electrons.